The number of rotatable bonds is 4. The first-order chi connectivity index (χ1) is 11.7. The summed E-state index contributed by atoms with van der Waals surface area (Å²) in [5.74, 6) is -1.18. The molecule has 9 heteroatoms. The molecule has 1 saturated heterocycles. The summed E-state index contributed by atoms with van der Waals surface area (Å²) in [7, 11) is -3.94. The Kier molecular flexibility index (Phi) is 4.91. The third kappa shape index (κ3) is 3.58. The summed E-state index contributed by atoms with van der Waals surface area (Å²) in [6.07, 6.45) is -0.948. The Morgan fingerprint density at radius 2 is 1.96 bits per heavy atom. The molecular formula is C16H18BrNO6S. The first-order valence-corrected chi connectivity index (χ1v) is 10.1. The van der Waals surface area contributed by atoms with E-state index >= 15 is 0 Å². The van der Waals surface area contributed by atoms with E-state index in [1.54, 1.807) is 12.1 Å². The quantitative estimate of drug-likeness (QED) is 0.437. The molecule has 1 aliphatic carbocycles. The number of benzene rings is 1. The second-order valence-corrected chi connectivity index (χ2v) is 8.95. The van der Waals surface area contributed by atoms with Crippen molar-refractivity contribution in [3.05, 3.63) is 29.8 Å². The average molecular weight is 432 g/mol. The fourth-order valence-corrected chi connectivity index (χ4v) is 5.31. The highest BCUT2D eigenvalue weighted by Crippen LogP contribution is 2.43. The molecule has 1 aromatic carbocycles. The van der Waals surface area contributed by atoms with Crippen LogP contribution < -0.4 is 5.32 Å². The van der Waals surface area contributed by atoms with Gasteiger partial charge in [0, 0.05) is 12.8 Å². The van der Waals surface area contributed by atoms with Crippen molar-refractivity contribution in [2.24, 2.45) is 5.92 Å². The Morgan fingerprint density at radius 3 is 2.56 bits per heavy atom. The van der Waals surface area contributed by atoms with Crippen molar-refractivity contribution < 1.29 is 26.9 Å². The lowest BCUT2D eigenvalue weighted by molar-refractivity contribution is -0.144. The topological polar surface area (TPSA) is 98.8 Å². The average Bonchev–Trinajstić information content (AvgIpc) is 2.97. The highest BCUT2D eigenvalue weighted by Gasteiger charge is 2.56. The van der Waals surface area contributed by atoms with E-state index < -0.39 is 39.2 Å². The first-order valence-electron chi connectivity index (χ1n) is 7.80. The second-order valence-electron chi connectivity index (χ2n) is 6.33. The van der Waals surface area contributed by atoms with Crippen molar-refractivity contribution in [3.63, 3.8) is 0 Å². The minimum atomic E-state index is -3.94. The van der Waals surface area contributed by atoms with Crippen molar-refractivity contribution in [2.75, 3.05) is 0 Å². The van der Waals surface area contributed by atoms with Crippen LogP contribution in [-0.4, -0.2) is 43.4 Å². The summed E-state index contributed by atoms with van der Waals surface area (Å²) in [5, 5.41) is 2.57. The van der Waals surface area contributed by atoms with Gasteiger partial charge >= 0.3 is 5.97 Å². The maximum absolute atomic E-state index is 12.5. The van der Waals surface area contributed by atoms with E-state index in [2.05, 4.69) is 21.2 Å². The van der Waals surface area contributed by atoms with Crippen LogP contribution >= 0.6 is 15.9 Å². The zero-order chi connectivity index (χ0) is 18.4. The number of esters is 1. The molecular weight excluding hydrogens is 414 g/mol. The summed E-state index contributed by atoms with van der Waals surface area (Å²) in [4.78, 5) is 22.8. The first kappa shape index (κ1) is 18.3. The number of aryl methyl sites for hydroxylation is 1. The molecule has 0 aromatic heterocycles. The van der Waals surface area contributed by atoms with Gasteiger partial charge in [-0.2, -0.15) is 8.42 Å². The van der Waals surface area contributed by atoms with Gasteiger partial charge in [0.15, 0.2) is 0 Å². The van der Waals surface area contributed by atoms with Crippen LogP contribution in [0.3, 0.4) is 0 Å². The van der Waals surface area contributed by atoms with Crippen LogP contribution in [-0.2, 0) is 28.6 Å². The Bertz CT molecular complexity index is 793. The van der Waals surface area contributed by atoms with Gasteiger partial charge in [0.2, 0.25) is 5.91 Å². The molecule has 2 aliphatic rings. The molecule has 25 heavy (non-hydrogen) atoms. The van der Waals surface area contributed by atoms with E-state index in [-0.39, 0.29) is 23.1 Å². The van der Waals surface area contributed by atoms with Gasteiger partial charge in [0.1, 0.15) is 12.1 Å². The molecule has 1 amide bonds. The van der Waals surface area contributed by atoms with E-state index in [9.17, 15) is 18.0 Å². The molecule has 1 N–H and O–H groups in total. The predicted molar refractivity (Wildman–Crippen MR) is 91.5 cm³/mol. The van der Waals surface area contributed by atoms with Crippen LogP contribution in [0.15, 0.2) is 29.2 Å². The molecule has 1 aromatic rings. The molecule has 0 spiro atoms. The number of carbonyl (C=O) groups excluding carboxylic acids is 2. The molecule has 0 bridgehead atoms. The smallest absolute Gasteiger partial charge is 0.329 e. The van der Waals surface area contributed by atoms with Crippen molar-refractivity contribution >= 4 is 37.9 Å². The number of nitrogens with one attached hydrogen (secondary N) is 1. The maximum Gasteiger partial charge on any atom is 0.329 e. The second kappa shape index (κ2) is 6.69. The van der Waals surface area contributed by atoms with E-state index in [0.717, 1.165) is 5.56 Å². The molecule has 1 saturated carbocycles. The summed E-state index contributed by atoms with van der Waals surface area (Å²) in [6.45, 7) is 3.18. The van der Waals surface area contributed by atoms with Gasteiger partial charge in [-0.1, -0.05) is 33.6 Å². The van der Waals surface area contributed by atoms with E-state index in [1.807, 2.05) is 6.92 Å². The van der Waals surface area contributed by atoms with Crippen LogP contribution in [0.2, 0.25) is 0 Å². The summed E-state index contributed by atoms with van der Waals surface area (Å²) >= 11 is 3.39. The van der Waals surface area contributed by atoms with Gasteiger partial charge in [-0.05, 0) is 25.5 Å². The Balaban J connectivity index is 1.76. The molecule has 7 nitrogen and oxygen atoms in total. The lowest BCUT2D eigenvalue weighted by Crippen LogP contribution is -2.41. The monoisotopic (exact) mass is 431 g/mol. The van der Waals surface area contributed by atoms with Crippen molar-refractivity contribution in [1.29, 1.82) is 0 Å². The van der Waals surface area contributed by atoms with Crippen LogP contribution in [0, 0.1) is 12.8 Å². The lowest BCUT2D eigenvalue weighted by atomic mass is 9.99. The van der Waals surface area contributed by atoms with Gasteiger partial charge in [-0.15, -0.1) is 0 Å². The van der Waals surface area contributed by atoms with Crippen molar-refractivity contribution in [2.45, 2.75) is 48.2 Å². The van der Waals surface area contributed by atoms with Crippen molar-refractivity contribution in [1.82, 2.24) is 5.32 Å². The molecule has 2 fully saturated rings. The van der Waals surface area contributed by atoms with Gasteiger partial charge in [-0.3, -0.25) is 8.98 Å². The number of hydrogen-bond acceptors (Lipinski definition) is 6. The van der Waals surface area contributed by atoms with Crippen LogP contribution in [0.25, 0.3) is 0 Å². The fraction of sp³-hybridized carbons (Fsp3) is 0.500. The Hall–Kier alpha value is -1.45. The zero-order valence-corrected chi connectivity index (χ0v) is 16.0. The minimum Gasteiger partial charge on any atom is -0.459 e. The molecule has 5 atom stereocenters. The third-order valence-electron chi connectivity index (χ3n) is 4.45. The van der Waals surface area contributed by atoms with Gasteiger partial charge in [0.25, 0.3) is 10.1 Å². The normalized spacial score (nSPS) is 31.5. The van der Waals surface area contributed by atoms with Crippen LogP contribution in [0.5, 0.6) is 0 Å². The zero-order valence-electron chi connectivity index (χ0n) is 13.6. The molecule has 136 valence electrons. The van der Waals surface area contributed by atoms with E-state index in [0.29, 0.717) is 0 Å². The lowest BCUT2D eigenvalue weighted by Gasteiger charge is -2.18. The van der Waals surface area contributed by atoms with Crippen LogP contribution in [0.1, 0.15) is 18.9 Å². The van der Waals surface area contributed by atoms with Gasteiger partial charge in [0.05, 0.1) is 15.8 Å². The molecule has 1 heterocycles. The summed E-state index contributed by atoms with van der Waals surface area (Å²) < 4.78 is 35.6. The standard InChI is InChI=1S/C16H18BrNO6S/c1-8-3-5-10(6-4-8)25(21,22)24-12-7-11-14(18-9(2)19)16(20)23-15(11)13(12)17/h3-6,11-15H,7H2,1-2H3,(H,18,19)/t11?,12-,13+,14+,15?/m0/s1. The maximum atomic E-state index is 12.5. The number of alkyl halides is 1. The number of hydrogen-bond donors (Lipinski definition) is 1. The Morgan fingerprint density at radius 1 is 1.32 bits per heavy atom. The number of halogens is 1. The highest BCUT2D eigenvalue weighted by atomic mass is 79.9. The molecule has 1 aliphatic heterocycles. The number of amides is 1. The van der Waals surface area contributed by atoms with Crippen molar-refractivity contribution in [3.8, 4) is 0 Å². The van der Waals surface area contributed by atoms with Crippen LogP contribution in [0.4, 0.5) is 0 Å². The minimum absolute atomic E-state index is 0.0743. The SMILES string of the molecule is CC(=O)N[C@H]1C(=O)OC2C1C[C@H](OS(=O)(=O)c1ccc(C)cc1)[C@H]2Br. The molecule has 2 unspecified atom stereocenters. The largest absolute Gasteiger partial charge is 0.459 e. The Labute approximate surface area is 154 Å². The summed E-state index contributed by atoms with van der Waals surface area (Å²) in [6, 6.07) is 5.59. The van der Waals surface area contributed by atoms with E-state index in [4.69, 9.17) is 8.92 Å². The predicted octanol–water partition coefficient (Wildman–Crippen LogP) is 1.28. The fourth-order valence-electron chi connectivity index (χ4n) is 3.24. The summed E-state index contributed by atoms with van der Waals surface area (Å²) in [5.41, 5.74) is 0.942. The van der Waals surface area contributed by atoms with Gasteiger partial charge in [-0.25, -0.2) is 4.79 Å². The number of ether oxygens (including phenoxy) is 1. The highest BCUT2D eigenvalue weighted by molar-refractivity contribution is 9.09. The van der Waals surface area contributed by atoms with Gasteiger partial charge < -0.3 is 10.1 Å². The molecule has 3 rings (SSSR count). The third-order valence-corrected chi connectivity index (χ3v) is 6.91. The number of carbonyl (C=O) groups is 2. The number of fused-ring (bicyclic) bond motifs is 1. The molecule has 0 radical (unpaired) electrons. The van der Waals surface area contributed by atoms with E-state index in [1.165, 1.54) is 19.1 Å².